The first kappa shape index (κ1) is 20.8. The summed E-state index contributed by atoms with van der Waals surface area (Å²) in [5.41, 5.74) is 0.775. The molecule has 1 saturated heterocycles. The van der Waals surface area contributed by atoms with Crippen LogP contribution in [0.3, 0.4) is 0 Å². The first-order valence-electron chi connectivity index (χ1n) is 8.04. The molecule has 1 fully saturated rings. The van der Waals surface area contributed by atoms with Crippen molar-refractivity contribution in [1.82, 2.24) is 15.4 Å². The van der Waals surface area contributed by atoms with Gasteiger partial charge in [-0.05, 0) is 17.7 Å². The molecule has 2 rings (SSSR count). The Hall–Kier alpha value is -1.53. The van der Waals surface area contributed by atoms with Gasteiger partial charge in [0.05, 0.1) is 22.5 Å². The van der Waals surface area contributed by atoms with Crippen molar-refractivity contribution >= 4 is 25.8 Å². The number of carbonyl (C=O) groups excluding carboxylic acids is 1. The standard InChI is InChI=1S/C15H23N3O6S2/c1-11(19)17-8-12-2-4-13(5-3-12)26(23,24)18-7-6-16-14-9-25(21,22)10-15(14)20/h2-5,14-16,18,20H,6-10H2,1H3,(H,17,19)/t14-,15+/m1/s1. The Morgan fingerprint density at radius 2 is 1.85 bits per heavy atom. The zero-order valence-corrected chi connectivity index (χ0v) is 15.9. The highest BCUT2D eigenvalue weighted by Gasteiger charge is 2.35. The van der Waals surface area contributed by atoms with Crippen molar-refractivity contribution in [2.75, 3.05) is 24.6 Å². The van der Waals surface area contributed by atoms with E-state index >= 15 is 0 Å². The first-order valence-corrected chi connectivity index (χ1v) is 11.3. The van der Waals surface area contributed by atoms with Crippen LogP contribution in [0.4, 0.5) is 0 Å². The molecule has 0 aromatic heterocycles. The summed E-state index contributed by atoms with van der Waals surface area (Å²) in [5.74, 6) is -0.603. The van der Waals surface area contributed by atoms with Gasteiger partial charge in [-0.15, -0.1) is 0 Å². The van der Waals surface area contributed by atoms with Crippen LogP contribution >= 0.6 is 0 Å². The summed E-state index contributed by atoms with van der Waals surface area (Å²) in [6.07, 6.45) is -0.979. The van der Waals surface area contributed by atoms with Crippen molar-refractivity contribution < 1.29 is 26.7 Å². The average molecular weight is 405 g/mol. The number of hydrogen-bond acceptors (Lipinski definition) is 7. The van der Waals surface area contributed by atoms with E-state index in [1.54, 1.807) is 12.1 Å². The average Bonchev–Trinajstić information content (AvgIpc) is 2.82. The van der Waals surface area contributed by atoms with Crippen LogP contribution in [-0.4, -0.2) is 64.6 Å². The second kappa shape index (κ2) is 8.44. The fourth-order valence-electron chi connectivity index (χ4n) is 2.56. The summed E-state index contributed by atoms with van der Waals surface area (Å²) in [6.45, 7) is 1.97. The number of benzene rings is 1. The molecule has 0 spiro atoms. The molecule has 11 heteroatoms. The zero-order valence-electron chi connectivity index (χ0n) is 14.3. The number of rotatable bonds is 8. The molecule has 146 valence electrons. The Bertz CT molecular complexity index is 837. The van der Waals surface area contributed by atoms with Crippen LogP contribution in [0.15, 0.2) is 29.2 Å². The Balaban J connectivity index is 1.82. The number of carbonyl (C=O) groups is 1. The van der Waals surface area contributed by atoms with Crippen LogP contribution in [0, 0.1) is 0 Å². The summed E-state index contributed by atoms with van der Waals surface area (Å²) in [6, 6.07) is 5.53. The van der Waals surface area contributed by atoms with Crippen LogP contribution in [0.5, 0.6) is 0 Å². The van der Waals surface area contributed by atoms with E-state index < -0.39 is 32.0 Å². The summed E-state index contributed by atoms with van der Waals surface area (Å²) in [4.78, 5) is 11.0. The number of sulfone groups is 1. The molecule has 1 aromatic carbocycles. The fraction of sp³-hybridized carbons (Fsp3) is 0.533. The molecule has 0 aliphatic carbocycles. The monoisotopic (exact) mass is 405 g/mol. The van der Waals surface area contributed by atoms with Gasteiger partial charge in [0.2, 0.25) is 15.9 Å². The van der Waals surface area contributed by atoms with E-state index in [4.69, 9.17) is 0 Å². The van der Waals surface area contributed by atoms with E-state index in [2.05, 4.69) is 15.4 Å². The number of hydrogen-bond donors (Lipinski definition) is 4. The van der Waals surface area contributed by atoms with E-state index in [9.17, 15) is 26.7 Å². The Morgan fingerprint density at radius 3 is 2.38 bits per heavy atom. The topological polar surface area (TPSA) is 142 Å². The molecule has 26 heavy (non-hydrogen) atoms. The molecule has 0 unspecified atom stereocenters. The van der Waals surface area contributed by atoms with E-state index in [0.29, 0.717) is 6.54 Å². The largest absolute Gasteiger partial charge is 0.390 e. The predicted molar refractivity (Wildman–Crippen MR) is 95.6 cm³/mol. The Labute approximate surface area is 153 Å². The van der Waals surface area contributed by atoms with Gasteiger partial charge in [-0.2, -0.15) is 0 Å². The maximum Gasteiger partial charge on any atom is 0.240 e. The second-order valence-electron chi connectivity index (χ2n) is 6.16. The quantitative estimate of drug-likeness (QED) is 0.380. The third-order valence-electron chi connectivity index (χ3n) is 3.92. The van der Waals surface area contributed by atoms with Crippen molar-refractivity contribution in [2.45, 2.75) is 30.5 Å². The predicted octanol–water partition coefficient (Wildman–Crippen LogP) is -1.65. The third kappa shape index (κ3) is 6.02. The summed E-state index contributed by atoms with van der Waals surface area (Å²) in [7, 11) is -6.94. The molecule has 0 bridgehead atoms. The van der Waals surface area contributed by atoms with E-state index in [1.165, 1.54) is 19.1 Å². The van der Waals surface area contributed by atoms with Crippen molar-refractivity contribution in [3.8, 4) is 0 Å². The number of aliphatic hydroxyl groups is 1. The van der Waals surface area contributed by atoms with Crippen LogP contribution in [0.2, 0.25) is 0 Å². The van der Waals surface area contributed by atoms with Crippen LogP contribution in [0.25, 0.3) is 0 Å². The lowest BCUT2D eigenvalue weighted by atomic mass is 10.2. The van der Waals surface area contributed by atoms with Crippen molar-refractivity contribution in [1.29, 1.82) is 0 Å². The fourth-order valence-corrected chi connectivity index (χ4v) is 5.37. The summed E-state index contributed by atoms with van der Waals surface area (Å²) in [5, 5.41) is 15.1. The molecular formula is C15H23N3O6S2. The highest BCUT2D eigenvalue weighted by Crippen LogP contribution is 2.12. The van der Waals surface area contributed by atoms with Crippen LogP contribution in [-0.2, 0) is 31.2 Å². The van der Waals surface area contributed by atoms with Gasteiger partial charge in [-0.25, -0.2) is 21.6 Å². The molecule has 4 N–H and O–H groups in total. The molecule has 0 saturated carbocycles. The lowest BCUT2D eigenvalue weighted by Crippen LogP contribution is -2.42. The molecule has 0 radical (unpaired) electrons. The van der Waals surface area contributed by atoms with Gasteiger partial charge < -0.3 is 15.7 Å². The van der Waals surface area contributed by atoms with Crippen molar-refractivity contribution in [3.63, 3.8) is 0 Å². The molecule has 2 atom stereocenters. The van der Waals surface area contributed by atoms with E-state index in [-0.39, 0.29) is 35.4 Å². The van der Waals surface area contributed by atoms with E-state index in [0.717, 1.165) is 5.56 Å². The summed E-state index contributed by atoms with van der Waals surface area (Å²) < 4.78 is 49.7. The molecular weight excluding hydrogens is 382 g/mol. The molecule has 1 amide bonds. The minimum absolute atomic E-state index is 0.0548. The zero-order chi connectivity index (χ0) is 19.4. The number of nitrogens with one attached hydrogen (secondary N) is 3. The van der Waals surface area contributed by atoms with E-state index in [1.807, 2.05) is 0 Å². The summed E-state index contributed by atoms with van der Waals surface area (Å²) >= 11 is 0. The highest BCUT2D eigenvalue weighted by molar-refractivity contribution is 7.91. The highest BCUT2D eigenvalue weighted by atomic mass is 32.2. The number of aliphatic hydroxyl groups excluding tert-OH is 1. The first-order chi connectivity index (χ1) is 12.1. The SMILES string of the molecule is CC(=O)NCc1ccc(S(=O)(=O)NCCN[C@@H]2CS(=O)(=O)C[C@@H]2O)cc1. The van der Waals surface area contributed by atoms with Crippen LogP contribution < -0.4 is 15.4 Å². The van der Waals surface area contributed by atoms with Gasteiger partial charge in [0.15, 0.2) is 9.84 Å². The minimum atomic E-state index is -3.70. The van der Waals surface area contributed by atoms with Gasteiger partial charge in [-0.1, -0.05) is 12.1 Å². The Morgan fingerprint density at radius 1 is 1.19 bits per heavy atom. The van der Waals surface area contributed by atoms with Gasteiger partial charge in [-0.3, -0.25) is 4.79 Å². The second-order valence-corrected chi connectivity index (χ2v) is 10.1. The van der Waals surface area contributed by atoms with Gasteiger partial charge in [0, 0.05) is 32.6 Å². The molecule has 1 aliphatic heterocycles. The van der Waals surface area contributed by atoms with Gasteiger partial charge in [0.25, 0.3) is 0 Å². The van der Waals surface area contributed by atoms with Crippen LogP contribution in [0.1, 0.15) is 12.5 Å². The maximum absolute atomic E-state index is 12.2. The Kier molecular flexibility index (Phi) is 6.74. The van der Waals surface area contributed by atoms with Gasteiger partial charge >= 0.3 is 0 Å². The van der Waals surface area contributed by atoms with Gasteiger partial charge in [0.1, 0.15) is 0 Å². The maximum atomic E-state index is 12.2. The number of sulfonamides is 1. The minimum Gasteiger partial charge on any atom is -0.390 e. The molecule has 1 aliphatic rings. The van der Waals surface area contributed by atoms with Crippen molar-refractivity contribution in [3.05, 3.63) is 29.8 Å². The lowest BCUT2D eigenvalue weighted by Gasteiger charge is -2.15. The van der Waals surface area contributed by atoms with Crippen molar-refractivity contribution in [2.24, 2.45) is 0 Å². The normalized spacial score (nSPS) is 22.2. The smallest absolute Gasteiger partial charge is 0.240 e. The lowest BCUT2D eigenvalue weighted by molar-refractivity contribution is -0.119. The number of amides is 1. The molecule has 9 nitrogen and oxygen atoms in total. The molecule has 1 aromatic rings. The third-order valence-corrected chi connectivity index (χ3v) is 7.11. The molecule has 1 heterocycles.